The molecule has 23 heavy (non-hydrogen) atoms. The Morgan fingerprint density at radius 2 is 2.13 bits per heavy atom. The van der Waals surface area contributed by atoms with Crippen molar-refractivity contribution in [2.75, 3.05) is 5.32 Å². The van der Waals surface area contributed by atoms with Crippen LogP contribution in [0, 0.1) is 5.92 Å². The second-order valence-corrected chi connectivity index (χ2v) is 6.60. The molecular weight excluding hydrogens is 290 g/mol. The molecule has 2 unspecified atom stereocenters. The fourth-order valence-corrected chi connectivity index (χ4v) is 3.82. The molecule has 0 saturated carbocycles. The maximum Gasteiger partial charge on any atom is 0.224 e. The molecule has 0 aromatic carbocycles. The van der Waals surface area contributed by atoms with Crippen LogP contribution in [0.2, 0.25) is 0 Å². The first kappa shape index (κ1) is 14.4. The molecule has 2 atom stereocenters. The van der Waals surface area contributed by atoms with Crippen molar-refractivity contribution < 1.29 is 4.79 Å². The normalized spacial score (nSPS) is 26.2. The van der Waals surface area contributed by atoms with Crippen LogP contribution in [-0.2, 0) is 4.79 Å². The Kier molecular flexibility index (Phi) is 3.83. The highest BCUT2D eigenvalue weighted by molar-refractivity contribution is 5.90. The Morgan fingerprint density at radius 1 is 1.30 bits per heavy atom. The van der Waals surface area contributed by atoms with Crippen molar-refractivity contribution in [3.05, 3.63) is 37.1 Å². The lowest BCUT2D eigenvalue weighted by Gasteiger charge is -2.28. The van der Waals surface area contributed by atoms with Gasteiger partial charge in [-0.15, -0.1) is 0 Å². The molecule has 120 valence electrons. The van der Waals surface area contributed by atoms with Crippen molar-refractivity contribution in [3.8, 4) is 5.82 Å². The lowest BCUT2D eigenvalue weighted by molar-refractivity contribution is -0.117. The van der Waals surface area contributed by atoms with Gasteiger partial charge in [-0.1, -0.05) is 0 Å². The van der Waals surface area contributed by atoms with Crippen LogP contribution in [-0.4, -0.2) is 32.5 Å². The van der Waals surface area contributed by atoms with E-state index in [1.807, 2.05) is 22.9 Å². The van der Waals surface area contributed by atoms with E-state index >= 15 is 0 Å². The van der Waals surface area contributed by atoms with Crippen LogP contribution >= 0.6 is 0 Å². The molecule has 2 saturated heterocycles. The summed E-state index contributed by atoms with van der Waals surface area (Å²) in [4.78, 5) is 20.6. The minimum atomic E-state index is 0.0912. The SMILES string of the molecule is O=C(CC1CC2CCC(C1)N2)Nc1ccc(-n2ccnc2)nc1. The van der Waals surface area contributed by atoms with Gasteiger partial charge in [0.1, 0.15) is 12.1 Å². The van der Waals surface area contributed by atoms with Crippen LogP contribution in [0.5, 0.6) is 0 Å². The van der Waals surface area contributed by atoms with E-state index in [0.29, 0.717) is 24.4 Å². The van der Waals surface area contributed by atoms with E-state index in [2.05, 4.69) is 20.6 Å². The van der Waals surface area contributed by atoms with Crippen LogP contribution in [0.25, 0.3) is 5.82 Å². The molecular formula is C17H21N5O. The highest BCUT2D eigenvalue weighted by atomic mass is 16.1. The van der Waals surface area contributed by atoms with Crippen molar-refractivity contribution in [2.24, 2.45) is 5.92 Å². The van der Waals surface area contributed by atoms with E-state index in [0.717, 1.165) is 24.3 Å². The summed E-state index contributed by atoms with van der Waals surface area (Å²) in [5, 5.41) is 6.58. The monoisotopic (exact) mass is 311 g/mol. The first-order valence-electron chi connectivity index (χ1n) is 8.26. The van der Waals surface area contributed by atoms with E-state index in [9.17, 15) is 4.79 Å². The average Bonchev–Trinajstić information content (AvgIpc) is 3.18. The van der Waals surface area contributed by atoms with Gasteiger partial charge in [-0.25, -0.2) is 9.97 Å². The zero-order valence-electron chi connectivity index (χ0n) is 13.0. The molecule has 2 bridgehead atoms. The third-order valence-electron chi connectivity index (χ3n) is 4.85. The quantitative estimate of drug-likeness (QED) is 0.907. The topological polar surface area (TPSA) is 71.8 Å². The highest BCUT2D eigenvalue weighted by Crippen LogP contribution is 2.32. The fraction of sp³-hybridized carbons (Fsp3) is 0.471. The summed E-state index contributed by atoms with van der Waals surface area (Å²) in [6.07, 6.45) is 12.3. The summed E-state index contributed by atoms with van der Waals surface area (Å²) in [5.74, 6) is 1.39. The Labute approximate surface area is 135 Å². The van der Waals surface area contributed by atoms with Gasteiger partial charge in [0.05, 0.1) is 11.9 Å². The van der Waals surface area contributed by atoms with E-state index in [1.54, 1.807) is 18.7 Å². The number of rotatable bonds is 4. The number of anilines is 1. The van der Waals surface area contributed by atoms with E-state index in [-0.39, 0.29) is 5.91 Å². The minimum absolute atomic E-state index is 0.0912. The molecule has 2 aliphatic rings. The summed E-state index contributed by atoms with van der Waals surface area (Å²) >= 11 is 0. The maximum atomic E-state index is 12.3. The molecule has 2 aromatic heterocycles. The number of nitrogens with zero attached hydrogens (tertiary/aromatic N) is 3. The van der Waals surface area contributed by atoms with Crippen molar-refractivity contribution >= 4 is 11.6 Å². The Balaban J connectivity index is 1.33. The van der Waals surface area contributed by atoms with Crippen LogP contribution in [0.3, 0.4) is 0 Å². The second kappa shape index (κ2) is 6.12. The van der Waals surface area contributed by atoms with E-state index < -0.39 is 0 Å². The molecule has 2 fully saturated rings. The molecule has 0 radical (unpaired) electrons. The van der Waals surface area contributed by atoms with Gasteiger partial charge in [0.2, 0.25) is 5.91 Å². The molecule has 1 amide bonds. The zero-order chi connectivity index (χ0) is 15.6. The smallest absolute Gasteiger partial charge is 0.224 e. The van der Waals surface area contributed by atoms with E-state index in [4.69, 9.17) is 0 Å². The predicted octanol–water partition coefficient (Wildman–Crippen LogP) is 2.13. The zero-order valence-corrected chi connectivity index (χ0v) is 13.0. The van der Waals surface area contributed by atoms with Crippen LogP contribution < -0.4 is 10.6 Å². The third kappa shape index (κ3) is 3.27. The van der Waals surface area contributed by atoms with Crippen LogP contribution in [0.1, 0.15) is 32.1 Å². The molecule has 2 aromatic rings. The van der Waals surface area contributed by atoms with Crippen LogP contribution in [0.15, 0.2) is 37.1 Å². The molecule has 6 heteroatoms. The van der Waals surface area contributed by atoms with Gasteiger partial charge >= 0.3 is 0 Å². The first-order chi connectivity index (χ1) is 11.3. The van der Waals surface area contributed by atoms with Crippen molar-refractivity contribution in [1.82, 2.24) is 19.9 Å². The van der Waals surface area contributed by atoms with Gasteiger partial charge in [-0.3, -0.25) is 9.36 Å². The van der Waals surface area contributed by atoms with Crippen molar-refractivity contribution in [1.29, 1.82) is 0 Å². The summed E-state index contributed by atoms with van der Waals surface area (Å²) in [7, 11) is 0. The van der Waals surface area contributed by atoms with E-state index in [1.165, 1.54) is 12.8 Å². The minimum Gasteiger partial charge on any atom is -0.325 e. The molecule has 0 spiro atoms. The molecule has 4 rings (SSSR count). The lowest BCUT2D eigenvalue weighted by Crippen LogP contribution is -2.39. The number of hydrogen-bond acceptors (Lipinski definition) is 4. The predicted molar refractivity (Wildman–Crippen MR) is 87.3 cm³/mol. The number of carbonyl (C=O) groups is 1. The largest absolute Gasteiger partial charge is 0.325 e. The van der Waals surface area contributed by atoms with Gasteiger partial charge in [-0.2, -0.15) is 0 Å². The number of aromatic nitrogens is 3. The highest BCUT2D eigenvalue weighted by Gasteiger charge is 2.34. The van der Waals surface area contributed by atoms with Gasteiger partial charge in [0, 0.05) is 30.9 Å². The lowest BCUT2D eigenvalue weighted by atomic mass is 9.89. The average molecular weight is 311 g/mol. The molecule has 2 N–H and O–H groups in total. The molecule has 4 heterocycles. The van der Waals surface area contributed by atoms with Gasteiger partial charge in [0.25, 0.3) is 0 Å². The Bertz CT molecular complexity index is 655. The summed E-state index contributed by atoms with van der Waals surface area (Å²) in [5.41, 5.74) is 0.746. The summed E-state index contributed by atoms with van der Waals surface area (Å²) < 4.78 is 1.83. The van der Waals surface area contributed by atoms with Gasteiger partial charge < -0.3 is 10.6 Å². The Morgan fingerprint density at radius 3 is 2.78 bits per heavy atom. The second-order valence-electron chi connectivity index (χ2n) is 6.60. The standard InChI is InChI=1S/C17H21N5O/c23-17(9-12-7-13-1-2-14(8-12)20-13)21-15-3-4-16(19-10-15)22-6-5-18-11-22/h3-6,10-14,20H,1-2,7-9H2,(H,21,23). The number of imidazole rings is 1. The maximum absolute atomic E-state index is 12.3. The number of hydrogen-bond donors (Lipinski definition) is 2. The molecule has 0 aliphatic carbocycles. The fourth-order valence-electron chi connectivity index (χ4n) is 3.82. The number of nitrogens with one attached hydrogen (secondary N) is 2. The van der Waals surface area contributed by atoms with Crippen LogP contribution in [0.4, 0.5) is 5.69 Å². The molecule has 6 nitrogen and oxygen atoms in total. The third-order valence-corrected chi connectivity index (χ3v) is 4.85. The number of pyridine rings is 1. The van der Waals surface area contributed by atoms with Gasteiger partial charge in [0.15, 0.2) is 0 Å². The number of fused-ring (bicyclic) bond motifs is 2. The van der Waals surface area contributed by atoms with Crippen molar-refractivity contribution in [2.45, 2.75) is 44.2 Å². The molecule has 2 aliphatic heterocycles. The number of carbonyl (C=O) groups excluding carboxylic acids is 1. The first-order valence-corrected chi connectivity index (χ1v) is 8.26. The Hall–Kier alpha value is -2.21. The van der Waals surface area contributed by atoms with Gasteiger partial charge in [-0.05, 0) is 43.7 Å². The van der Waals surface area contributed by atoms with Crippen molar-refractivity contribution in [3.63, 3.8) is 0 Å². The summed E-state index contributed by atoms with van der Waals surface area (Å²) in [6, 6.07) is 5.01. The summed E-state index contributed by atoms with van der Waals surface area (Å²) in [6.45, 7) is 0. The number of piperidine rings is 1. The number of amides is 1.